The molecule has 26 heavy (non-hydrogen) atoms. The maximum absolute atomic E-state index is 12.3. The third-order valence-corrected chi connectivity index (χ3v) is 4.21. The van der Waals surface area contributed by atoms with Crippen LogP contribution in [0.15, 0.2) is 54.6 Å². The molecule has 3 rings (SSSR count). The van der Waals surface area contributed by atoms with Crippen molar-refractivity contribution in [2.75, 3.05) is 5.32 Å². The molecule has 0 saturated heterocycles. The highest BCUT2D eigenvalue weighted by molar-refractivity contribution is 6.35. The molecule has 1 atom stereocenters. The molecule has 1 aromatic heterocycles. The molecule has 1 unspecified atom stereocenters. The molecule has 3 aromatic rings. The van der Waals surface area contributed by atoms with E-state index in [4.69, 9.17) is 27.9 Å². The van der Waals surface area contributed by atoms with Crippen molar-refractivity contribution in [1.29, 1.82) is 0 Å². The molecule has 5 nitrogen and oxygen atoms in total. The molecule has 1 heterocycles. The number of rotatable bonds is 4. The van der Waals surface area contributed by atoms with Crippen molar-refractivity contribution >= 4 is 51.7 Å². The van der Waals surface area contributed by atoms with Gasteiger partial charge in [-0.1, -0.05) is 47.5 Å². The van der Waals surface area contributed by atoms with Gasteiger partial charge < -0.3 is 10.1 Å². The van der Waals surface area contributed by atoms with Gasteiger partial charge in [0.15, 0.2) is 6.10 Å². The lowest BCUT2D eigenvalue weighted by Gasteiger charge is -2.14. The first-order chi connectivity index (χ1) is 12.4. The third kappa shape index (κ3) is 4.12. The highest BCUT2D eigenvalue weighted by Crippen LogP contribution is 2.25. The number of esters is 1. The lowest BCUT2D eigenvalue weighted by molar-refractivity contribution is -0.123. The molecule has 2 aromatic carbocycles. The second-order valence-corrected chi connectivity index (χ2v) is 6.39. The first-order valence-corrected chi connectivity index (χ1v) is 8.52. The van der Waals surface area contributed by atoms with E-state index in [1.54, 1.807) is 30.3 Å². The van der Waals surface area contributed by atoms with Crippen LogP contribution in [0.3, 0.4) is 0 Å². The molecule has 0 spiro atoms. The van der Waals surface area contributed by atoms with Crippen molar-refractivity contribution in [3.63, 3.8) is 0 Å². The number of ether oxygens (including phenoxy) is 1. The predicted molar refractivity (Wildman–Crippen MR) is 102 cm³/mol. The predicted octanol–water partition coefficient (Wildman–Crippen LogP) is 4.73. The first kappa shape index (κ1) is 18.2. The standard InChI is InChI=1S/C19H14Cl2N2O3/c1-11(18(24)23-17-10-13(20)7-8-14(17)21)26-19(25)16-9-6-12-4-2-3-5-15(12)22-16/h2-11H,1H3,(H,23,24). The number of halogens is 2. The van der Waals surface area contributed by atoms with Gasteiger partial charge in [0.2, 0.25) is 0 Å². The molecule has 0 radical (unpaired) electrons. The smallest absolute Gasteiger partial charge is 0.357 e. The molecule has 1 N–H and O–H groups in total. The lowest BCUT2D eigenvalue weighted by atomic mass is 10.2. The number of hydrogen-bond acceptors (Lipinski definition) is 4. The number of anilines is 1. The summed E-state index contributed by atoms with van der Waals surface area (Å²) in [6.45, 7) is 1.47. The Kier molecular flexibility index (Phi) is 5.40. The van der Waals surface area contributed by atoms with Crippen molar-refractivity contribution in [2.45, 2.75) is 13.0 Å². The summed E-state index contributed by atoms with van der Waals surface area (Å²) < 4.78 is 5.20. The number of nitrogens with zero attached hydrogens (tertiary/aromatic N) is 1. The molecule has 0 aliphatic rings. The quantitative estimate of drug-likeness (QED) is 0.656. The van der Waals surface area contributed by atoms with Crippen molar-refractivity contribution in [3.05, 3.63) is 70.3 Å². The van der Waals surface area contributed by atoms with Gasteiger partial charge in [-0.2, -0.15) is 0 Å². The number of carbonyl (C=O) groups excluding carboxylic acids is 2. The zero-order valence-electron chi connectivity index (χ0n) is 13.7. The summed E-state index contributed by atoms with van der Waals surface area (Å²) >= 11 is 11.9. The van der Waals surface area contributed by atoms with Gasteiger partial charge in [-0.15, -0.1) is 0 Å². The molecule has 132 valence electrons. The highest BCUT2D eigenvalue weighted by atomic mass is 35.5. The van der Waals surface area contributed by atoms with E-state index < -0.39 is 18.0 Å². The fourth-order valence-corrected chi connectivity index (χ4v) is 2.62. The minimum atomic E-state index is -1.04. The Hall–Kier alpha value is -2.63. The minimum absolute atomic E-state index is 0.129. The van der Waals surface area contributed by atoms with Crippen LogP contribution in [-0.4, -0.2) is 23.0 Å². The Balaban J connectivity index is 1.69. The molecule has 0 bridgehead atoms. The zero-order valence-corrected chi connectivity index (χ0v) is 15.2. The van der Waals surface area contributed by atoms with Gasteiger partial charge in [-0.05, 0) is 37.3 Å². The number of pyridine rings is 1. The number of nitrogens with one attached hydrogen (secondary N) is 1. The largest absolute Gasteiger partial charge is 0.448 e. The fraction of sp³-hybridized carbons (Fsp3) is 0.105. The SMILES string of the molecule is CC(OC(=O)c1ccc2ccccc2n1)C(=O)Nc1cc(Cl)ccc1Cl. The number of para-hydroxylation sites is 1. The zero-order chi connectivity index (χ0) is 18.7. The van der Waals surface area contributed by atoms with E-state index in [1.807, 2.05) is 18.2 Å². The summed E-state index contributed by atoms with van der Waals surface area (Å²) in [6, 6.07) is 15.4. The van der Waals surface area contributed by atoms with E-state index >= 15 is 0 Å². The summed E-state index contributed by atoms with van der Waals surface area (Å²) in [7, 11) is 0. The van der Waals surface area contributed by atoms with Gasteiger partial charge >= 0.3 is 5.97 Å². The minimum Gasteiger partial charge on any atom is -0.448 e. The number of amides is 1. The van der Waals surface area contributed by atoms with Crippen LogP contribution < -0.4 is 5.32 Å². The van der Waals surface area contributed by atoms with E-state index in [0.29, 0.717) is 21.2 Å². The molecule has 0 saturated carbocycles. The third-order valence-electron chi connectivity index (χ3n) is 3.65. The summed E-state index contributed by atoms with van der Waals surface area (Å²) in [5.41, 5.74) is 1.14. The molecule has 0 fully saturated rings. The molecular weight excluding hydrogens is 375 g/mol. The van der Waals surface area contributed by atoms with Gasteiger partial charge in [0.25, 0.3) is 5.91 Å². The summed E-state index contributed by atoms with van der Waals surface area (Å²) in [5.74, 6) is -1.21. The van der Waals surface area contributed by atoms with E-state index in [0.717, 1.165) is 5.39 Å². The number of aromatic nitrogens is 1. The van der Waals surface area contributed by atoms with E-state index in [2.05, 4.69) is 10.3 Å². The van der Waals surface area contributed by atoms with Crippen LogP contribution in [0, 0.1) is 0 Å². The lowest BCUT2D eigenvalue weighted by Crippen LogP contribution is -2.30. The van der Waals surface area contributed by atoms with Crippen molar-refractivity contribution in [3.8, 4) is 0 Å². The fourth-order valence-electron chi connectivity index (χ4n) is 2.28. The number of benzene rings is 2. The van der Waals surface area contributed by atoms with E-state index in [-0.39, 0.29) is 5.69 Å². The van der Waals surface area contributed by atoms with Crippen LogP contribution in [0.4, 0.5) is 5.69 Å². The van der Waals surface area contributed by atoms with Crippen LogP contribution in [0.25, 0.3) is 10.9 Å². The van der Waals surface area contributed by atoms with E-state index in [1.165, 1.54) is 13.0 Å². The van der Waals surface area contributed by atoms with Crippen LogP contribution in [0.5, 0.6) is 0 Å². The average molecular weight is 389 g/mol. The summed E-state index contributed by atoms with van der Waals surface area (Å²) in [4.78, 5) is 28.8. The van der Waals surface area contributed by atoms with Gasteiger partial charge in [0.05, 0.1) is 16.2 Å². The first-order valence-electron chi connectivity index (χ1n) is 7.77. The van der Waals surface area contributed by atoms with Gasteiger partial charge in [-0.25, -0.2) is 9.78 Å². The number of hydrogen-bond donors (Lipinski definition) is 1. The second kappa shape index (κ2) is 7.72. The molecule has 1 amide bonds. The Morgan fingerprint density at radius 3 is 2.65 bits per heavy atom. The second-order valence-electron chi connectivity index (χ2n) is 5.55. The number of carbonyl (C=O) groups is 2. The average Bonchev–Trinajstić information content (AvgIpc) is 2.64. The van der Waals surface area contributed by atoms with Crippen LogP contribution in [0.2, 0.25) is 10.0 Å². The molecule has 0 aliphatic carbocycles. The normalized spacial score (nSPS) is 11.8. The van der Waals surface area contributed by atoms with Crippen LogP contribution >= 0.6 is 23.2 Å². The van der Waals surface area contributed by atoms with Gasteiger partial charge in [0, 0.05) is 10.4 Å². The summed E-state index contributed by atoms with van der Waals surface area (Å²) in [6.07, 6.45) is -1.04. The van der Waals surface area contributed by atoms with Crippen LogP contribution in [0.1, 0.15) is 17.4 Å². The van der Waals surface area contributed by atoms with Gasteiger partial charge in [0.1, 0.15) is 5.69 Å². The molecule has 7 heteroatoms. The monoisotopic (exact) mass is 388 g/mol. The summed E-state index contributed by atoms with van der Waals surface area (Å²) in [5, 5.41) is 4.25. The van der Waals surface area contributed by atoms with Crippen molar-refractivity contribution in [1.82, 2.24) is 4.98 Å². The van der Waals surface area contributed by atoms with Crippen LogP contribution in [-0.2, 0) is 9.53 Å². The van der Waals surface area contributed by atoms with Gasteiger partial charge in [-0.3, -0.25) is 4.79 Å². The topological polar surface area (TPSA) is 68.3 Å². The highest BCUT2D eigenvalue weighted by Gasteiger charge is 2.21. The van der Waals surface area contributed by atoms with E-state index in [9.17, 15) is 9.59 Å². The maximum atomic E-state index is 12.3. The Morgan fingerprint density at radius 2 is 1.85 bits per heavy atom. The molecule has 0 aliphatic heterocycles. The van der Waals surface area contributed by atoms with Crippen molar-refractivity contribution < 1.29 is 14.3 Å². The van der Waals surface area contributed by atoms with Crippen molar-refractivity contribution in [2.24, 2.45) is 0 Å². The number of fused-ring (bicyclic) bond motifs is 1. The Labute approximate surface area is 159 Å². The molecular formula is C19H14Cl2N2O3. The Morgan fingerprint density at radius 1 is 1.08 bits per heavy atom. The Bertz CT molecular complexity index is 991. The maximum Gasteiger partial charge on any atom is 0.357 e.